The van der Waals surface area contributed by atoms with Crippen LogP contribution < -0.4 is 4.74 Å². The number of rotatable bonds is 2. The number of nitriles is 1. The fraction of sp³-hybridized carbons (Fsp3) is 0. The van der Waals surface area contributed by atoms with Crippen LogP contribution in [0.25, 0.3) is 0 Å². The van der Waals surface area contributed by atoms with Gasteiger partial charge in [-0.2, -0.15) is 5.26 Å². The number of halogens is 2. The second-order valence-corrected chi connectivity index (χ2v) is 4.18. The molecule has 4 heteroatoms. The first-order valence-electron chi connectivity index (χ1n) is 4.82. The molecule has 0 aliphatic rings. The van der Waals surface area contributed by atoms with Gasteiger partial charge in [0.25, 0.3) is 0 Å². The third kappa shape index (κ3) is 2.91. The maximum Gasteiger partial charge on any atom is 0.146 e. The molecule has 0 aliphatic heterocycles. The first-order chi connectivity index (χ1) is 8.19. The van der Waals surface area contributed by atoms with Crippen LogP contribution in [0.4, 0.5) is 0 Å². The minimum atomic E-state index is 0.433. The highest BCUT2D eigenvalue weighted by molar-refractivity contribution is 6.31. The average Bonchev–Trinajstić information content (AvgIpc) is 2.32. The van der Waals surface area contributed by atoms with Crippen molar-refractivity contribution >= 4 is 23.2 Å². The van der Waals surface area contributed by atoms with Gasteiger partial charge in [-0.3, -0.25) is 0 Å². The number of ether oxygens (including phenoxy) is 1. The fourth-order valence-corrected chi connectivity index (χ4v) is 1.59. The molecule has 0 saturated heterocycles. The van der Waals surface area contributed by atoms with E-state index < -0.39 is 0 Å². The standard InChI is InChI=1S/C13H7Cl2NO/c14-10-3-5-12(6-4-10)17-13-7-11(15)2-1-9(13)8-16/h1-7H. The van der Waals surface area contributed by atoms with E-state index in [4.69, 9.17) is 33.2 Å². The molecule has 0 atom stereocenters. The summed E-state index contributed by atoms with van der Waals surface area (Å²) in [5.74, 6) is 1.04. The zero-order valence-electron chi connectivity index (χ0n) is 8.65. The molecule has 0 saturated carbocycles. The summed E-state index contributed by atoms with van der Waals surface area (Å²) in [6, 6.07) is 13.8. The second kappa shape index (κ2) is 5.09. The van der Waals surface area contributed by atoms with Crippen LogP contribution in [0.1, 0.15) is 5.56 Å². The van der Waals surface area contributed by atoms with Gasteiger partial charge in [0.1, 0.15) is 17.6 Å². The van der Waals surface area contributed by atoms with E-state index in [1.165, 1.54) is 0 Å². The van der Waals surface area contributed by atoms with Crippen molar-refractivity contribution in [2.24, 2.45) is 0 Å². The minimum Gasteiger partial charge on any atom is -0.456 e. The van der Waals surface area contributed by atoms with Crippen molar-refractivity contribution in [3.63, 3.8) is 0 Å². The van der Waals surface area contributed by atoms with Crippen molar-refractivity contribution in [1.82, 2.24) is 0 Å². The van der Waals surface area contributed by atoms with Crippen LogP contribution in [0.15, 0.2) is 42.5 Å². The van der Waals surface area contributed by atoms with Crippen molar-refractivity contribution in [1.29, 1.82) is 5.26 Å². The van der Waals surface area contributed by atoms with Crippen molar-refractivity contribution in [2.45, 2.75) is 0 Å². The van der Waals surface area contributed by atoms with Crippen LogP contribution in [0.2, 0.25) is 10.0 Å². The highest BCUT2D eigenvalue weighted by Gasteiger charge is 2.05. The Morgan fingerprint density at radius 3 is 2.24 bits per heavy atom. The largest absolute Gasteiger partial charge is 0.456 e. The van der Waals surface area contributed by atoms with Gasteiger partial charge in [0.2, 0.25) is 0 Å². The lowest BCUT2D eigenvalue weighted by Gasteiger charge is -2.07. The smallest absolute Gasteiger partial charge is 0.146 e. The average molecular weight is 264 g/mol. The lowest BCUT2D eigenvalue weighted by atomic mass is 10.2. The summed E-state index contributed by atoms with van der Waals surface area (Å²) in [6.07, 6.45) is 0. The van der Waals surface area contributed by atoms with Crippen molar-refractivity contribution in [3.05, 3.63) is 58.1 Å². The van der Waals surface area contributed by atoms with Crippen LogP contribution in [0.3, 0.4) is 0 Å². The Hall–Kier alpha value is -1.69. The lowest BCUT2D eigenvalue weighted by Crippen LogP contribution is -1.87. The van der Waals surface area contributed by atoms with Crippen LogP contribution in [0.5, 0.6) is 11.5 Å². The van der Waals surface area contributed by atoms with Crippen LogP contribution >= 0.6 is 23.2 Å². The molecule has 84 valence electrons. The normalized spacial score (nSPS) is 9.71. The van der Waals surface area contributed by atoms with Gasteiger partial charge >= 0.3 is 0 Å². The first kappa shape index (κ1) is 11.8. The fourth-order valence-electron chi connectivity index (χ4n) is 1.30. The summed E-state index contributed by atoms with van der Waals surface area (Å²) in [7, 11) is 0. The van der Waals surface area contributed by atoms with Gasteiger partial charge in [-0.1, -0.05) is 23.2 Å². The van der Waals surface area contributed by atoms with Gasteiger partial charge in [-0.05, 0) is 36.4 Å². The van der Waals surface area contributed by atoms with Gasteiger partial charge < -0.3 is 4.74 Å². The van der Waals surface area contributed by atoms with E-state index >= 15 is 0 Å². The van der Waals surface area contributed by atoms with Gasteiger partial charge in [-0.15, -0.1) is 0 Å². The van der Waals surface area contributed by atoms with Gasteiger partial charge in [0, 0.05) is 16.1 Å². The van der Waals surface area contributed by atoms with E-state index in [1.807, 2.05) is 6.07 Å². The molecular weight excluding hydrogens is 257 g/mol. The van der Waals surface area contributed by atoms with Crippen LogP contribution in [0, 0.1) is 11.3 Å². The molecule has 2 aromatic rings. The van der Waals surface area contributed by atoms with Crippen LogP contribution in [-0.2, 0) is 0 Å². The molecule has 0 radical (unpaired) electrons. The number of nitrogens with zero attached hydrogens (tertiary/aromatic N) is 1. The highest BCUT2D eigenvalue weighted by Crippen LogP contribution is 2.28. The summed E-state index contributed by atoms with van der Waals surface area (Å²) in [6.45, 7) is 0. The molecule has 17 heavy (non-hydrogen) atoms. The monoisotopic (exact) mass is 263 g/mol. The summed E-state index contributed by atoms with van der Waals surface area (Å²) in [5, 5.41) is 10.1. The Kier molecular flexibility index (Phi) is 3.53. The molecule has 0 heterocycles. The second-order valence-electron chi connectivity index (χ2n) is 3.31. The Labute approximate surface area is 109 Å². The molecule has 0 aliphatic carbocycles. The predicted molar refractivity (Wildman–Crippen MR) is 67.7 cm³/mol. The van der Waals surface area contributed by atoms with Gasteiger partial charge in [0.05, 0.1) is 5.56 Å². The molecular formula is C13H7Cl2NO. The molecule has 0 fully saturated rings. The topological polar surface area (TPSA) is 33.0 Å². The van der Waals surface area contributed by atoms with E-state index in [9.17, 15) is 0 Å². The zero-order chi connectivity index (χ0) is 12.3. The third-order valence-corrected chi connectivity index (χ3v) is 2.59. The zero-order valence-corrected chi connectivity index (χ0v) is 10.2. The summed E-state index contributed by atoms with van der Waals surface area (Å²) in [4.78, 5) is 0. The van der Waals surface area contributed by atoms with Gasteiger partial charge in [-0.25, -0.2) is 0 Å². The Bertz CT molecular complexity index is 573. The van der Waals surface area contributed by atoms with Crippen LogP contribution in [-0.4, -0.2) is 0 Å². The van der Waals surface area contributed by atoms with Crippen molar-refractivity contribution in [3.8, 4) is 17.6 Å². The van der Waals surface area contributed by atoms with Crippen molar-refractivity contribution < 1.29 is 4.74 Å². The maximum absolute atomic E-state index is 8.94. The molecule has 0 bridgehead atoms. The summed E-state index contributed by atoms with van der Waals surface area (Å²) < 4.78 is 5.57. The molecule has 0 unspecified atom stereocenters. The molecule has 2 aromatic carbocycles. The van der Waals surface area contributed by atoms with E-state index in [2.05, 4.69) is 0 Å². The molecule has 0 N–H and O–H groups in total. The Balaban J connectivity index is 2.32. The summed E-state index contributed by atoms with van der Waals surface area (Å²) >= 11 is 11.6. The maximum atomic E-state index is 8.94. The predicted octanol–water partition coefficient (Wildman–Crippen LogP) is 4.66. The Morgan fingerprint density at radius 2 is 1.59 bits per heavy atom. The van der Waals surface area contributed by atoms with Gasteiger partial charge in [0.15, 0.2) is 0 Å². The molecule has 2 rings (SSSR count). The number of benzene rings is 2. The van der Waals surface area contributed by atoms with E-state index in [1.54, 1.807) is 42.5 Å². The first-order valence-corrected chi connectivity index (χ1v) is 5.58. The Morgan fingerprint density at radius 1 is 0.941 bits per heavy atom. The molecule has 0 aromatic heterocycles. The van der Waals surface area contributed by atoms with E-state index in [0.29, 0.717) is 27.1 Å². The minimum absolute atomic E-state index is 0.433. The molecule has 0 spiro atoms. The number of hydrogen-bond donors (Lipinski definition) is 0. The SMILES string of the molecule is N#Cc1ccc(Cl)cc1Oc1ccc(Cl)cc1. The third-order valence-electron chi connectivity index (χ3n) is 2.11. The summed E-state index contributed by atoms with van der Waals surface area (Å²) in [5.41, 5.74) is 0.435. The number of hydrogen-bond acceptors (Lipinski definition) is 2. The van der Waals surface area contributed by atoms with E-state index in [-0.39, 0.29) is 0 Å². The van der Waals surface area contributed by atoms with E-state index in [0.717, 1.165) is 0 Å². The lowest BCUT2D eigenvalue weighted by molar-refractivity contribution is 0.481. The quantitative estimate of drug-likeness (QED) is 0.790. The molecule has 2 nitrogen and oxygen atoms in total. The van der Waals surface area contributed by atoms with Crippen molar-refractivity contribution in [2.75, 3.05) is 0 Å². The molecule has 0 amide bonds. The highest BCUT2D eigenvalue weighted by atomic mass is 35.5.